The largest absolute Gasteiger partial charge is 0.355 e. The highest BCUT2D eigenvalue weighted by Gasteiger charge is 2.26. The van der Waals surface area contributed by atoms with Crippen LogP contribution in [0.25, 0.3) is 22.6 Å². The van der Waals surface area contributed by atoms with Crippen molar-refractivity contribution in [1.82, 2.24) is 19.0 Å². The molecule has 2 heterocycles. The molecule has 0 saturated heterocycles. The zero-order valence-electron chi connectivity index (χ0n) is 18.5. The molecule has 3 aromatic carbocycles. The maximum Gasteiger partial charge on any atom is 0.279 e. The fourth-order valence-electron chi connectivity index (χ4n) is 4.20. The normalized spacial score (nSPS) is 14.1. The molecule has 0 spiro atoms. The number of nitrogens with one attached hydrogen (secondary N) is 3. The first-order valence-electron chi connectivity index (χ1n) is 10.9. The van der Waals surface area contributed by atoms with Gasteiger partial charge in [-0.2, -0.15) is 12.7 Å². The van der Waals surface area contributed by atoms with Crippen molar-refractivity contribution in [2.24, 2.45) is 0 Å². The van der Waals surface area contributed by atoms with Crippen LogP contribution < -0.4 is 10.0 Å². The molecule has 1 aromatic heterocycles. The molecule has 34 heavy (non-hydrogen) atoms. The number of imidazole rings is 1. The number of benzene rings is 3. The molecular formula is C25H24ClN5O2S. The maximum atomic E-state index is 12.2. The van der Waals surface area contributed by atoms with Crippen LogP contribution in [0, 0.1) is 0 Å². The van der Waals surface area contributed by atoms with Crippen LogP contribution in [-0.4, -0.2) is 36.3 Å². The van der Waals surface area contributed by atoms with E-state index in [2.05, 4.69) is 20.0 Å². The molecule has 0 saturated carbocycles. The lowest BCUT2D eigenvalue weighted by Gasteiger charge is -2.29. The number of H-pyrrole nitrogens is 1. The van der Waals surface area contributed by atoms with Gasteiger partial charge in [0.1, 0.15) is 5.82 Å². The minimum atomic E-state index is -3.46. The summed E-state index contributed by atoms with van der Waals surface area (Å²) in [5, 5.41) is 4.09. The monoisotopic (exact) mass is 493 g/mol. The number of aromatic nitrogens is 2. The molecule has 0 amide bonds. The van der Waals surface area contributed by atoms with Gasteiger partial charge in [-0.3, -0.25) is 0 Å². The van der Waals surface area contributed by atoms with E-state index in [1.54, 1.807) is 6.20 Å². The Morgan fingerprint density at radius 3 is 2.68 bits per heavy atom. The Labute approximate surface area is 204 Å². The Bertz CT molecular complexity index is 1440. The molecule has 3 N–H and O–H groups in total. The van der Waals surface area contributed by atoms with Crippen LogP contribution >= 0.6 is 11.6 Å². The van der Waals surface area contributed by atoms with Crippen LogP contribution in [-0.2, 0) is 23.2 Å². The summed E-state index contributed by atoms with van der Waals surface area (Å²) in [4.78, 5) is 7.91. The summed E-state index contributed by atoms with van der Waals surface area (Å²) in [7, 11) is -2.02. The number of hydrogen-bond donors (Lipinski definition) is 3. The van der Waals surface area contributed by atoms with E-state index in [1.165, 1.54) is 11.4 Å². The molecule has 0 radical (unpaired) electrons. The fourth-order valence-corrected chi connectivity index (χ4v) is 5.30. The van der Waals surface area contributed by atoms with E-state index in [0.717, 1.165) is 39.3 Å². The van der Waals surface area contributed by atoms with Crippen molar-refractivity contribution in [3.63, 3.8) is 0 Å². The summed E-state index contributed by atoms with van der Waals surface area (Å²) in [5.74, 6) is 0.690. The van der Waals surface area contributed by atoms with Gasteiger partial charge in [-0.1, -0.05) is 54.1 Å². The first-order chi connectivity index (χ1) is 16.4. The quantitative estimate of drug-likeness (QED) is 0.354. The Morgan fingerprint density at radius 1 is 1.06 bits per heavy atom. The molecule has 0 atom stereocenters. The molecule has 9 heteroatoms. The first-order valence-corrected chi connectivity index (χ1v) is 12.7. The first kappa shape index (κ1) is 22.6. The van der Waals surface area contributed by atoms with Gasteiger partial charge in [0.05, 0.1) is 16.9 Å². The van der Waals surface area contributed by atoms with Crippen molar-refractivity contribution in [3.8, 4) is 22.6 Å². The molecule has 0 unspecified atom stereocenters. The second kappa shape index (κ2) is 9.23. The highest BCUT2D eigenvalue weighted by atomic mass is 35.5. The number of fused-ring (bicyclic) bond motifs is 1. The third-order valence-corrected chi connectivity index (χ3v) is 7.83. The summed E-state index contributed by atoms with van der Waals surface area (Å²) in [6, 6.07) is 21.7. The minimum absolute atomic E-state index is 0.342. The van der Waals surface area contributed by atoms with E-state index in [4.69, 9.17) is 11.6 Å². The predicted molar refractivity (Wildman–Crippen MR) is 136 cm³/mol. The van der Waals surface area contributed by atoms with Crippen LogP contribution in [0.3, 0.4) is 0 Å². The summed E-state index contributed by atoms with van der Waals surface area (Å²) in [6.07, 6.45) is 2.43. The van der Waals surface area contributed by atoms with E-state index in [0.29, 0.717) is 30.4 Å². The summed E-state index contributed by atoms with van der Waals surface area (Å²) >= 11 is 6.52. The van der Waals surface area contributed by atoms with E-state index in [-0.39, 0.29) is 0 Å². The fraction of sp³-hybridized carbons (Fsp3) is 0.160. The topological polar surface area (TPSA) is 90.1 Å². The van der Waals surface area contributed by atoms with Crippen LogP contribution in [0.15, 0.2) is 72.9 Å². The second-order valence-corrected chi connectivity index (χ2v) is 10.3. The maximum absolute atomic E-state index is 12.2. The molecule has 174 valence electrons. The van der Waals surface area contributed by atoms with Gasteiger partial charge in [0.15, 0.2) is 0 Å². The lowest BCUT2D eigenvalue weighted by molar-refractivity contribution is 0.387. The van der Waals surface area contributed by atoms with E-state index in [9.17, 15) is 8.42 Å². The smallest absolute Gasteiger partial charge is 0.279 e. The number of aromatic amines is 1. The lowest BCUT2D eigenvalue weighted by Crippen LogP contribution is -2.42. The second-order valence-electron chi connectivity index (χ2n) is 8.07. The van der Waals surface area contributed by atoms with Gasteiger partial charge in [0.2, 0.25) is 0 Å². The number of halogens is 1. The van der Waals surface area contributed by atoms with Gasteiger partial charge in [-0.15, -0.1) is 0 Å². The Hall–Kier alpha value is -3.17. The van der Waals surface area contributed by atoms with E-state index >= 15 is 0 Å². The van der Waals surface area contributed by atoms with Gasteiger partial charge < -0.3 is 10.3 Å². The minimum Gasteiger partial charge on any atom is -0.355 e. The van der Waals surface area contributed by atoms with Crippen molar-refractivity contribution in [2.75, 3.05) is 18.9 Å². The van der Waals surface area contributed by atoms with Gasteiger partial charge in [0.25, 0.3) is 10.2 Å². The van der Waals surface area contributed by atoms with Crippen molar-refractivity contribution in [2.45, 2.75) is 13.0 Å². The third kappa shape index (κ3) is 4.45. The van der Waals surface area contributed by atoms with Gasteiger partial charge in [-0.05, 0) is 47.4 Å². The van der Waals surface area contributed by atoms with Crippen LogP contribution in [0.2, 0.25) is 5.02 Å². The lowest BCUT2D eigenvalue weighted by atomic mass is 9.99. The average molecular weight is 494 g/mol. The van der Waals surface area contributed by atoms with Crippen LogP contribution in [0.5, 0.6) is 0 Å². The molecule has 4 aromatic rings. The van der Waals surface area contributed by atoms with Crippen LogP contribution in [0.4, 0.5) is 11.4 Å². The number of hydrogen-bond acceptors (Lipinski definition) is 4. The third-order valence-electron chi connectivity index (χ3n) is 5.99. The average Bonchev–Trinajstić information content (AvgIpc) is 3.36. The predicted octanol–water partition coefficient (Wildman–Crippen LogP) is 4.96. The molecule has 0 aliphatic carbocycles. The molecule has 7 nitrogen and oxygen atoms in total. The van der Waals surface area contributed by atoms with Gasteiger partial charge in [-0.25, -0.2) is 9.71 Å². The summed E-state index contributed by atoms with van der Waals surface area (Å²) < 4.78 is 28.3. The van der Waals surface area contributed by atoms with E-state index in [1.807, 2.05) is 66.7 Å². The van der Waals surface area contributed by atoms with Gasteiger partial charge in [0, 0.05) is 37.1 Å². The molecule has 0 fully saturated rings. The standard InChI is InChI=1S/C25H24ClN5O2S/c1-27-34(32,33)31-13-12-20-18(16-31)8-5-9-23(20)29-19-10-11-22(26)21(14-19)25-28-15-24(30-25)17-6-3-2-4-7-17/h2-11,14-15,27,29H,12-13,16H2,1H3,(H,28,30). The summed E-state index contributed by atoms with van der Waals surface area (Å²) in [6.45, 7) is 0.768. The van der Waals surface area contributed by atoms with Crippen molar-refractivity contribution >= 4 is 33.2 Å². The van der Waals surface area contributed by atoms with Gasteiger partial charge >= 0.3 is 0 Å². The molecule has 5 rings (SSSR count). The van der Waals surface area contributed by atoms with Crippen molar-refractivity contribution in [3.05, 3.63) is 89.1 Å². The highest BCUT2D eigenvalue weighted by molar-refractivity contribution is 7.87. The van der Waals surface area contributed by atoms with Crippen molar-refractivity contribution < 1.29 is 8.42 Å². The number of nitrogens with zero attached hydrogens (tertiary/aromatic N) is 2. The Morgan fingerprint density at radius 2 is 1.88 bits per heavy atom. The molecule has 1 aliphatic rings. The zero-order chi connectivity index (χ0) is 23.7. The number of rotatable bonds is 6. The van der Waals surface area contributed by atoms with E-state index < -0.39 is 10.2 Å². The van der Waals surface area contributed by atoms with Crippen molar-refractivity contribution in [1.29, 1.82) is 0 Å². The SMILES string of the molecule is CNS(=O)(=O)N1CCc2c(cccc2Nc2ccc(Cl)c(-c3ncc(-c4ccccc4)[nH]3)c2)C1. The Balaban J connectivity index is 1.42. The molecular weight excluding hydrogens is 470 g/mol. The molecule has 0 bridgehead atoms. The number of anilines is 2. The zero-order valence-corrected chi connectivity index (χ0v) is 20.1. The molecule has 1 aliphatic heterocycles. The highest BCUT2D eigenvalue weighted by Crippen LogP contribution is 2.34. The summed E-state index contributed by atoms with van der Waals surface area (Å²) in [5.41, 5.74) is 6.70. The Kier molecular flexibility index (Phi) is 6.14. The van der Waals surface area contributed by atoms with Crippen LogP contribution in [0.1, 0.15) is 11.1 Å².